The fourth-order valence-electron chi connectivity index (χ4n) is 1.63. The summed E-state index contributed by atoms with van der Waals surface area (Å²) in [5.41, 5.74) is 0. The van der Waals surface area contributed by atoms with E-state index in [0.717, 1.165) is 19.3 Å². The van der Waals surface area contributed by atoms with Gasteiger partial charge >= 0.3 is 0 Å². The number of hydrogen-bond donors (Lipinski definition) is 1. The highest BCUT2D eigenvalue weighted by molar-refractivity contribution is 5.76. The Balaban J connectivity index is 2.00. The Morgan fingerprint density at radius 3 is 2.94 bits per heavy atom. The molecule has 0 fully saturated rings. The van der Waals surface area contributed by atoms with Crippen molar-refractivity contribution in [3.05, 3.63) is 12.2 Å². The molecule has 0 heterocycles. The van der Waals surface area contributed by atoms with Crippen molar-refractivity contribution >= 4 is 5.91 Å². The Morgan fingerprint density at radius 1 is 1.38 bits per heavy atom. The van der Waals surface area contributed by atoms with Crippen molar-refractivity contribution in [1.29, 1.82) is 0 Å². The molecule has 1 atom stereocenters. The minimum atomic E-state index is 0.0812. The summed E-state index contributed by atoms with van der Waals surface area (Å²) >= 11 is 0. The van der Waals surface area contributed by atoms with Gasteiger partial charge in [0.15, 0.2) is 0 Å². The molecule has 16 heavy (non-hydrogen) atoms. The number of methoxy groups -OCH3 is 1. The fraction of sp³-hybridized carbons (Fsp3) is 0.750. The van der Waals surface area contributed by atoms with E-state index in [0.29, 0.717) is 32.3 Å². The van der Waals surface area contributed by atoms with Crippen LogP contribution in [-0.2, 0) is 14.3 Å². The van der Waals surface area contributed by atoms with E-state index in [4.69, 9.17) is 9.47 Å². The largest absolute Gasteiger partial charge is 0.382 e. The quantitative estimate of drug-likeness (QED) is 0.526. The molecule has 1 N–H and O–H groups in total. The molecule has 1 aliphatic rings. The monoisotopic (exact) mass is 227 g/mol. The second kappa shape index (κ2) is 8.30. The van der Waals surface area contributed by atoms with Gasteiger partial charge in [0.05, 0.1) is 19.8 Å². The van der Waals surface area contributed by atoms with Gasteiger partial charge in [0, 0.05) is 19.6 Å². The number of nitrogens with one attached hydrogen (secondary N) is 1. The van der Waals surface area contributed by atoms with Gasteiger partial charge in [-0.1, -0.05) is 12.2 Å². The van der Waals surface area contributed by atoms with Crippen LogP contribution in [0.25, 0.3) is 0 Å². The molecule has 4 heteroatoms. The molecular formula is C12H21NO3. The average molecular weight is 227 g/mol. The summed E-state index contributed by atoms with van der Waals surface area (Å²) in [5.74, 6) is 0.0812. The predicted octanol–water partition coefficient (Wildman–Crippen LogP) is 1.26. The molecule has 0 saturated heterocycles. The maximum absolute atomic E-state index is 11.5. The molecule has 92 valence electrons. The molecule has 0 unspecified atom stereocenters. The molecular weight excluding hydrogens is 206 g/mol. The van der Waals surface area contributed by atoms with Crippen molar-refractivity contribution in [3.63, 3.8) is 0 Å². The molecule has 0 aliphatic heterocycles. The number of carbonyl (C=O) groups is 1. The summed E-state index contributed by atoms with van der Waals surface area (Å²) in [6, 6.07) is 0.316. The summed E-state index contributed by atoms with van der Waals surface area (Å²) in [4.78, 5) is 11.5. The smallest absolute Gasteiger partial charge is 0.222 e. The highest BCUT2D eigenvalue weighted by atomic mass is 16.5. The van der Waals surface area contributed by atoms with Crippen molar-refractivity contribution in [1.82, 2.24) is 5.32 Å². The van der Waals surface area contributed by atoms with Crippen molar-refractivity contribution in [2.45, 2.75) is 31.7 Å². The highest BCUT2D eigenvalue weighted by Crippen LogP contribution is 2.10. The van der Waals surface area contributed by atoms with Crippen LogP contribution in [0.1, 0.15) is 25.7 Å². The van der Waals surface area contributed by atoms with Crippen LogP contribution < -0.4 is 5.32 Å². The first-order valence-electron chi connectivity index (χ1n) is 5.84. The van der Waals surface area contributed by atoms with Crippen LogP contribution in [0.4, 0.5) is 0 Å². The minimum Gasteiger partial charge on any atom is -0.382 e. The van der Waals surface area contributed by atoms with Gasteiger partial charge in [-0.3, -0.25) is 4.79 Å². The van der Waals surface area contributed by atoms with Crippen molar-refractivity contribution in [3.8, 4) is 0 Å². The molecule has 1 amide bonds. The maximum atomic E-state index is 11.5. The van der Waals surface area contributed by atoms with E-state index in [-0.39, 0.29) is 5.91 Å². The number of ether oxygens (including phenoxy) is 2. The molecule has 0 aromatic carbocycles. The first-order valence-corrected chi connectivity index (χ1v) is 5.84. The topological polar surface area (TPSA) is 47.6 Å². The van der Waals surface area contributed by atoms with Crippen LogP contribution in [0, 0.1) is 0 Å². The predicted molar refractivity (Wildman–Crippen MR) is 62.2 cm³/mol. The van der Waals surface area contributed by atoms with E-state index in [1.165, 1.54) is 0 Å². The lowest BCUT2D eigenvalue weighted by Crippen LogP contribution is -2.35. The third kappa shape index (κ3) is 5.88. The van der Waals surface area contributed by atoms with Gasteiger partial charge in [-0.25, -0.2) is 0 Å². The second-order valence-electron chi connectivity index (χ2n) is 3.90. The van der Waals surface area contributed by atoms with E-state index in [9.17, 15) is 4.79 Å². The van der Waals surface area contributed by atoms with Crippen LogP contribution in [-0.4, -0.2) is 38.9 Å². The van der Waals surface area contributed by atoms with Gasteiger partial charge in [0.25, 0.3) is 0 Å². The van der Waals surface area contributed by atoms with Gasteiger partial charge in [-0.05, 0) is 19.3 Å². The number of hydrogen-bond acceptors (Lipinski definition) is 3. The lowest BCUT2D eigenvalue weighted by molar-refractivity contribution is -0.123. The number of amides is 1. The van der Waals surface area contributed by atoms with E-state index in [2.05, 4.69) is 17.5 Å². The zero-order valence-corrected chi connectivity index (χ0v) is 9.91. The highest BCUT2D eigenvalue weighted by Gasteiger charge is 2.12. The second-order valence-corrected chi connectivity index (χ2v) is 3.90. The van der Waals surface area contributed by atoms with Crippen LogP contribution in [0.5, 0.6) is 0 Å². The van der Waals surface area contributed by atoms with Gasteiger partial charge in [-0.15, -0.1) is 0 Å². The average Bonchev–Trinajstić information content (AvgIpc) is 2.30. The number of rotatable bonds is 7. The van der Waals surface area contributed by atoms with E-state index in [1.54, 1.807) is 7.11 Å². The van der Waals surface area contributed by atoms with Crippen molar-refractivity contribution in [2.75, 3.05) is 26.9 Å². The van der Waals surface area contributed by atoms with Crippen LogP contribution >= 0.6 is 0 Å². The summed E-state index contributed by atoms with van der Waals surface area (Å²) in [6.07, 6.45) is 7.79. The summed E-state index contributed by atoms with van der Waals surface area (Å²) in [7, 11) is 1.63. The zero-order chi connectivity index (χ0) is 11.6. The zero-order valence-electron chi connectivity index (χ0n) is 9.91. The van der Waals surface area contributed by atoms with Gasteiger partial charge < -0.3 is 14.8 Å². The van der Waals surface area contributed by atoms with Gasteiger partial charge in [0.1, 0.15) is 0 Å². The Bertz CT molecular complexity index is 228. The summed E-state index contributed by atoms with van der Waals surface area (Å²) < 4.78 is 10.1. The minimum absolute atomic E-state index is 0.0812. The first-order chi connectivity index (χ1) is 7.83. The molecule has 0 spiro atoms. The summed E-state index contributed by atoms with van der Waals surface area (Å²) in [5, 5.41) is 3.01. The molecule has 0 aromatic heterocycles. The lowest BCUT2D eigenvalue weighted by Gasteiger charge is -2.19. The van der Waals surface area contributed by atoms with Crippen LogP contribution in [0.3, 0.4) is 0 Å². The van der Waals surface area contributed by atoms with E-state index < -0.39 is 0 Å². The first kappa shape index (κ1) is 13.2. The van der Waals surface area contributed by atoms with Gasteiger partial charge in [-0.2, -0.15) is 0 Å². The van der Waals surface area contributed by atoms with Crippen LogP contribution in [0.2, 0.25) is 0 Å². The number of allylic oxidation sites excluding steroid dienone is 1. The Morgan fingerprint density at radius 2 is 2.25 bits per heavy atom. The van der Waals surface area contributed by atoms with E-state index >= 15 is 0 Å². The third-order valence-corrected chi connectivity index (χ3v) is 2.54. The van der Waals surface area contributed by atoms with E-state index in [1.807, 2.05) is 0 Å². The standard InChI is InChI=1S/C12H21NO3/c1-15-9-10-16-8-7-12(14)13-11-5-3-2-4-6-11/h2-3,11H,4-10H2,1H3,(H,13,14)/t11-/m1/s1. The molecule has 0 bridgehead atoms. The Hall–Kier alpha value is -0.870. The number of carbonyl (C=O) groups excluding carboxylic acids is 1. The molecule has 0 radical (unpaired) electrons. The third-order valence-electron chi connectivity index (χ3n) is 2.54. The molecule has 1 aliphatic carbocycles. The SMILES string of the molecule is COCCOCCC(=O)N[C@@H]1CC=CCC1. The molecule has 0 aromatic rings. The normalized spacial score (nSPS) is 19.7. The fourth-order valence-corrected chi connectivity index (χ4v) is 1.63. The van der Waals surface area contributed by atoms with Crippen LogP contribution in [0.15, 0.2) is 12.2 Å². The maximum Gasteiger partial charge on any atom is 0.222 e. The van der Waals surface area contributed by atoms with Crippen molar-refractivity contribution in [2.24, 2.45) is 0 Å². The lowest BCUT2D eigenvalue weighted by atomic mass is 10.0. The van der Waals surface area contributed by atoms with Crippen molar-refractivity contribution < 1.29 is 14.3 Å². The molecule has 0 saturated carbocycles. The Kier molecular flexibility index (Phi) is 6.85. The molecule has 4 nitrogen and oxygen atoms in total. The Labute approximate surface area is 97.0 Å². The molecule has 1 rings (SSSR count). The summed E-state index contributed by atoms with van der Waals surface area (Å²) in [6.45, 7) is 1.60. The van der Waals surface area contributed by atoms with Gasteiger partial charge in [0.2, 0.25) is 5.91 Å².